The van der Waals surface area contributed by atoms with Crippen molar-refractivity contribution in [2.75, 3.05) is 13.2 Å². The zero-order valence-electron chi connectivity index (χ0n) is 24.8. The number of carbonyl (C=O) groups excluding carboxylic acids is 4. The van der Waals surface area contributed by atoms with Gasteiger partial charge in [0.15, 0.2) is 24.5 Å². The standard InChI is InChI=1S/C26H43N3O10/c1-23(2,3)19(31)37-15-14(12-35-22(34)26(10,11)13-30)36-18(28-29-27)17(39-21(33)25(7,8)9)16(15)38-20(32)24(4,5)6/h14-18,30H,12-13H2,1-11H3/t14-,15+,16+,17-,18-/m1/s1. The zero-order chi connectivity index (χ0) is 30.6. The lowest BCUT2D eigenvalue weighted by Crippen LogP contribution is -2.63. The largest absolute Gasteiger partial charge is 0.462 e. The molecule has 1 saturated heterocycles. The van der Waals surface area contributed by atoms with Crippen LogP contribution in [0, 0.1) is 21.7 Å². The molecule has 1 N–H and O–H groups in total. The smallest absolute Gasteiger partial charge is 0.313 e. The van der Waals surface area contributed by atoms with Crippen LogP contribution in [0.2, 0.25) is 0 Å². The molecule has 1 rings (SSSR count). The third-order valence-electron chi connectivity index (χ3n) is 5.67. The molecular formula is C26H43N3O10. The van der Waals surface area contributed by atoms with Gasteiger partial charge in [-0.3, -0.25) is 19.2 Å². The molecule has 13 heteroatoms. The number of nitrogens with zero attached hydrogens (tertiary/aromatic N) is 3. The van der Waals surface area contributed by atoms with Gasteiger partial charge in [-0.15, -0.1) is 0 Å². The van der Waals surface area contributed by atoms with Gasteiger partial charge in [-0.2, -0.15) is 0 Å². The Kier molecular flexibility index (Phi) is 11.0. The highest BCUT2D eigenvalue weighted by Crippen LogP contribution is 2.34. The summed E-state index contributed by atoms with van der Waals surface area (Å²) in [5.41, 5.74) is 4.95. The fraction of sp³-hybridized carbons (Fsp3) is 0.846. The van der Waals surface area contributed by atoms with Gasteiger partial charge in [0.05, 0.1) is 28.3 Å². The summed E-state index contributed by atoms with van der Waals surface area (Å²) < 4.78 is 28.4. The first-order valence-corrected chi connectivity index (χ1v) is 12.7. The van der Waals surface area contributed by atoms with E-state index in [9.17, 15) is 29.8 Å². The Morgan fingerprint density at radius 3 is 1.54 bits per heavy atom. The molecule has 222 valence electrons. The molecule has 0 saturated carbocycles. The first-order valence-electron chi connectivity index (χ1n) is 12.7. The topological polar surface area (TPSA) is 183 Å². The molecule has 5 atom stereocenters. The van der Waals surface area contributed by atoms with Crippen molar-refractivity contribution < 1.29 is 48.0 Å². The minimum Gasteiger partial charge on any atom is -0.462 e. The summed E-state index contributed by atoms with van der Waals surface area (Å²) in [6.07, 6.45) is -7.26. The van der Waals surface area contributed by atoms with Crippen molar-refractivity contribution in [2.24, 2.45) is 26.8 Å². The molecule has 0 aliphatic carbocycles. The molecule has 0 amide bonds. The van der Waals surface area contributed by atoms with Crippen molar-refractivity contribution in [3.8, 4) is 0 Å². The average Bonchev–Trinajstić information content (AvgIpc) is 2.78. The predicted octanol–water partition coefficient (Wildman–Crippen LogP) is 3.46. The summed E-state index contributed by atoms with van der Waals surface area (Å²) in [5.74, 6) is -2.93. The first-order chi connectivity index (χ1) is 17.6. The van der Waals surface area contributed by atoms with Gasteiger partial charge in [0, 0.05) is 4.91 Å². The van der Waals surface area contributed by atoms with Crippen LogP contribution in [0.25, 0.3) is 10.4 Å². The van der Waals surface area contributed by atoms with Crippen molar-refractivity contribution in [2.45, 2.75) is 107 Å². The van der Waals surface area contributed by atoms with Crippen LogP contribution in [0.1, 0.15) is 76.2 Å². The Bertz CT molecular complexity index is 968. The van der Waals surface area contributed by atoms with E-state index in [1.54, 1.807) is 62.3 Å². The Morgan fingerprint density at radius 1 is 0.744 bits per heavy atom. The maximum absolute atomic E-state index is 13.0. The predicted molar refractivity (Wildman–Crippen MR) is 138 cm³/mol. The van der Waals surface area contributed by atoms with Gasteiger partial charge in [0.25, 0.3) is 0 Å². The van der Waals surface area contributed by atoms with Crippen LogP contribution in [-0.2, 0) is 42.9 Å². The molecule has 0 aromatic rings. The van der Waals surface area contributed by atoms with E-state index in [4.69, 9.17) is 23.7 Å². The van der Waals surface area contributed by atoms with E-state index in [1.165, 1.54) is 13.8 Å². The van der Waals surface area contributed by atoms with Gasteiger partial charge in [-0.1, -0.05) is 5.11 Å². The van der Waals surface area contributed by atoms with Crippen molar-refractivity contribution in [1.29, 1.82) is 0 Å². The minimum atomic E-state index is -1.53. The highest BCUT2D eigenvalue weighted by atomic mass is 16.7. The SMILES string of the molecule is CC(C)(C)C(=O)O[C@@H]1[C@@H](OC(=O)C(C)(C)C)[C@H](N=[N+]=[N-])O[C@H](COC(=O)C(C)(C)CO)[C@@H]1OC(=O)C(C)(C)C. The molecule has 0 aromatic carbocycles. The van der Waals surface area contributed by atoms with E-state index in [-0.39, 0.29) is 0 Å². The Labute approximate surface area is 229 Å². The summed E-state index contributed by atoms with van der Waals surface area (Å²) in [7, 11) is 0. The number of carbonyl (C=O) groups is 4. The highest BCUT2D eigenvalue weighted by molar-refractivity contribution is 5.78. The normalized spacial score (nSPS) is 24.2. The fourth-order valence-electron chi connectivity index (χ4n) is 2.89. The van der Waals surface area contributed by atoms with E-state index in [2.05, 4.69) is 10.0 Å². The lowest BCUT2D eigenvalue weighted by Gasteiger charge is -2.45. The molecule has 13 nitrogen and oxygen atoms in total. The van der Waals surface area contributed by atoms with Crippen LogP contribution in [-0.4, -0.2) is 72.8 Å². The summed E-state index contributed by atoms with van der Waals surface area (Å²) in [6.45, 7) is 16.3. The van der Waals surface area contributed by atoms with Gasteiger partial charge >= 0.3 is 23.9 Å². The van der Waals surface area contributed by atoms with Gasteiger partial charge < -0.3 is 28.8 Å². The van der Waals surface area contributed by atoms with Crippen molar-refractivity contribution in [1.82, 2.24) is 0 Å². The lowest BCUT2D eigenvalue weighted by molar-refractivity contribution is -0.259. The lowest BCUT2D eigenvalue weighted by atomic mass is 9.92. The average molecular weight is 558 g/mol. The molecule has 1 aliphatic heterocycles. The number of aliphatic hydroxyl groups excluding tert-OH is 1. The highest BCUT2D eigenvalue weighted by Gasteiger charge is 2.54. The van der Waals surface area contributed by atoms with Crippen molar-refractivity contribution in [3.63, 3.8) is 0 Å². The van der Waals surface area contributed by atoms with Crippen LogP contribution < -0.4 is 0 Å². The van der Waals surface area contributed by atoms with E-state index in [1.807, 2.05) is 0 Å². The summed E-state index contributed by atoms with van der Waals surface area (Å²) in [5, 5.41) is 13.1. The Hall–Kier alpha value is -2.89. The van der Waals surface area contributed by atoms with E-state index < -0.39 is 89.4 Å². The Balaban J connectivity index is 3.67. The maximum atomic E-state index is 13.0. The number of aliphatic hydroxyl groups is 1. The molecule has 0 bridgehead atoms. The number of hydrogen-bond acceptors (Lipinski definition) is 11. The number of hydrogen-bond donors (Lipinski definition) is 1. The zero-order valence-corrected chi connectivity index (χ0v) is 24.8. The monoisotopic (exact) mass is 557 g/mol. The second-order valence-electron chi connectivity index (χ2n) is 13.3. The van der Waals surface area contributed by atoms with Crippen LogP contribution in [0.4, 0.5) is 0 Å². The maximum Gasteiger partial charge on any atom is 0.313 e. The number of azide groups is 1. The van der Waals surface area contributed by atoms with Crippen molar-refractivity contribution in [3.05, 3.63) is 10.4 Å². The molecule has 0 aromatic heterocycles. The van der Waals surface area contributed by atoms with E-state index >= 15 is 0 Å². The second kappa shape index (κ2) is 12.5. The third-order valence-corrected chi connectivity index (χ3v) is 5.67. The van der Waals surface area contributed by atoms with Gasteiger partial charge in [0.1, 0.15) is 12.7 Å². The summed E-state index contributed by atoms with van der Waals surface area (Å²) >= 11 is 0. The van der Waals surface area contributed by atoms with E-state index in [0.29, 0.717) is 0 Å². The van der Waals surface area contributed by atoms with Crippen LogP contribution >= 0.6 is 0 Å². The van der Waals surface area contributed by atoms with Crippen LogP contribution in [0.15, 0.2) is 5.11 Å². The molecule has 1 fully saturated rings. The molecule has 0 radical (unpaired) electrons. The molecule has 1 heterocycles. The number of ether oxygens (including phenoxy) is 5. The third kappa shape index (κ3) is 9.36. The molecule has 1 aliphatic rings. The molecule has 39 heavy (non-hydrogen) atoms. The fourth-order valence-corrected chi connectivity index (χ4v) is 2.89. The summed E-state index contributed by atoms with van der Waals surface area (Å²) in [4.78, 5) is 54.2. The number of esters is 4. The quantitative estimate of drug-likeness (QED) is 0.152. The number of rotatable bonds is 8. The van der Waals surface area contributed by atoms with Crippen molar-refractivity contribution >= 4 is 23.9 Å². The van der Waals surface area contributed by atoms with Crippen LogP contribution in [0.3, 0.4) is 0 Å². The minimum absolute atomic E-state index is 0.502. The van der Waals surface area contributed by atoms with Gasteiger partial charge in [-0.05, 0) is 81.7 Å². The molecule has 0 spiro atoms. The summed E-state index contributed by atoms with van der Waals surface area (Å²) in [6, 6.07) is 0. The first kappa shape index (κ1) is 34.1. The van der Waals surface area contributed by atoms with Crippen LogP contribution in [0.5, 0.6) is 0 Å². The van der Waals surface area contributed by atoms with Gasteiger partial charge in [-0.25, -0.2) is 0 Å². The molecular weight excluding hydrogens is 514 g/mol. The second-order valence-corrected chi connectivity index (χ2v) is 13.3. The van der Waals surface area contributed by atoms with Gasteiger partial charge in [0.2, 0.25) is 0 Å². The Morgan fingerprint density at radius 2 is 1.15 bits per heavy atom. The molecule has 0 unspecified atom stereocenters. The van der Waals surface area contributed by atoms with E-state index in [0.717, 1.165) is 0 Å².